The first-order chi connectivity index (χ1) is 11.7. The van der Waals surface area contributed by atoms with E-state index in [0.29, 0.717) is 5.02 Å². The van der Waals surface area contributed by atoms with Gasteiger partial charge in [0.05, 0.1) is 28.9 Å². The summed E-state index contributed by atoms with van der Waals surface area (Å²) in [6, 6.07) is 17.4. The number of H-pyrrole nitrogens is 1. The number of pyridine rings is 1. The monoisotopic (exact) mass is 335 g/mol. The summed E-state index contributed by atoms with van der Waals surface area (Å²) in [5.41, 5.74) is 4.50. The van der Waals surface area contributed by atoms with Crippen molar-refractivity contribution in [2.24, 2.45) is 0 Å². The molecule has 0 saturated carbocycles. The molecule has 0 saturated heterocycles. The van der Waals surface area contributed by atoms with Gasteiger partial charge >= 0.3 is 0 Å². The molecule has 2 aromatic heterocycles. The molecule has 0 radical (unpaired) electrons. The van der Waals surface area contributed by atoms with E-state index in [4.69, 9.17) is 16.3 Å². The predicted octanol–water partition coefficient (Wildman–Crippen LogP) is 4.95. The maximum absolute atomic E-state index is 6.49. The summed E-state index contributed by atoms with van der Waals surface area (Å²) in [5.74, 6) is 1.52. The van der Waals surface area contributed by atoms with Gasteiger partial charge in [-0.1, -0.05) is 23.7 Å². The Hall–Kier alpha value is -2.85. The van der Waals surface area contributed by atoms with Crippen molar-refractivity contribution < 1.29 is 4.74 Å². The van der Waals surface area contributed by atoms with Crippen molar-refractivity contribution in [2.45, 2.75) is 0 Å². The van der Waals surface area contributed by atoms with E-state index in [-0.39, 0.29) is 0 Å². The van der Waals surface area contributed by atoms with E-state index in [9.17, 15) is 0 Å². The van der Waals surface area contributed by atoms with Crippen molar-refractivity contribution in [2.75, 3.05) is 7.11 Å². The first-order valence-corrected chi connectivity index (χ1v) is 7.87. The molecule has 0 amide bonds. The predicted molar refractivity (Wildman–Crippen MR) is 96.3 cm³/mol. The van der Waals surface area contributed by atoms with Gasteiger partial charge in [0.25, 0.3) is 0 Å². The SMILES string of the molecule is COc1ccc2nc(-c3ccc(-c4ccccn4)cc3Cl)[nH]c2c1. The normalized spacial score (nSPS) is 10.9. The average Bonchev–Trinajstić information content (AvgIpc) is 3.05. The Morgan fingerprint density at radius 2 is 1.96 bits per heavy atom. The van der Waals surface area contributed by atoms with Gasteiger partial charge in [-0.25, -0.2) is 4.98 Å². The lowest BCUT2D eigenvalue weighted by molar-refractivity contribution is 0.415. The second kappa shape index (κ2) is 5.98. The second-order valence-corrected chi connectivity index (χ2v) is 5.79. The maximum Gasteiger partial charge on any atom is 0.139 e. The lowest BCUT2D eigenvalue weighted by Gasteiger charge is -2.05. The quantitative estimate of drug-likeness (QED) is 0.576. The van der Waals surface area contributed by atoms with Crippen LogP contribution in [-0.4, -0.2) is 22.1 Å². The molecule has 4 aromatic rings. The molecule has 0 aliphatic heterocycles. The van der Waals surface area contributed by atoms with E-state index in [1.165, 1.54) is 0 Å². The summed E-state index contributed by atoms with van der Waals surface area (Å²) in [4.78, 5) is 12.3. The molecule has 0 fully saturated rings. The van der Waals surface area contributed by atoms with Crippen LogP contribution in [0.2, 0.25) is 5.02 Å². The highest BCUT2D eigenvalue weighted by atomic mass is 35.5. The maximum atomic E-state index is 6.49. The van der Waals surface area contributed by atoms with Crippen LogP contribution in [-0.2, 0) is 0 Å². The van der Waals surface area contributed by atoms with Crippen LogP contribution < -0.4 is 4.74 Å². The highest BCUT2D eigenvalue weighted by Gasteiger charge is 2.11. The number of ether oxygens (including phenoxy) is 1. The zero-order valence-electron chi connectivity index (χ0n) is 13.0. The molecule has 0 atom stereocenters. The number of aromatic nitrogens is 3. The zero-order chi connectivity index (χ0) is 16.5. The highest BCUT2D eigenvalue weighted by Crippen LogP contribution is 2.31. The number of hydrogen-bond acceptors (Lipinski definition) is 3. The van der Waals surface area contributed by atoms with Crippen LogP contribution in [0.3, 0.4) is 0 Å². The van der Waals surface area contributed by atoms with Crippen molar-refractivity contribution >= 4 is 22.6 Å². The van der Waals surface area contributed by atoms with E-state index in [0.717, 1.165) is 39.4 Å². The molecule has 4 nitrogen and oxygen atoms in total. The Morgan fingerprint density at radius 3 is 2.71 bits per heavy atom. The highest BCUT2D eigenvalue weighted by molar-refractivity contribution is 6.33. The summed E-state index contributed by atoms with van der Waals surface area (Å²) < 4.78 is 5.24. The van der Waals surface area contributed by atoms with Crippen LogP contribution in [0.4, 0.5) is 0 Å². The van der Waals surface area contributed by atoms with Gasteiger partial charge in [-0.2, -0.15) is 0 Å². The number of methoxy groups -OCH3 is 1. The summed E-state index contributed by atoms with van der Waals surface area (Å²) >= 11 is 6.49. The van der Waals surface area contributed by atoms with E-state index in [1.54, 1.807) is 13.3 Å². The molecule has 0 unspecified atom stereocenters. The van der Waals surface area contributed by atoms with Gasteiger partial charge in [-0.3, -0.25) is 4.98 Å². The molecule has 24 heavy (non-hydrogen) atoms. The molecule has 2 heterocycles. The lowest BCUT2D eigenvalue weighted by atomic mass is 10.1. The number of aromatic amines is 1. The van der Waals surface area contributed by atoms with Gasteiger partial charge in [0.1, 0.15) is 11.6 Å². The Kier molecular flexibility index (Phi) is 3.67. The number of imidazole rings is 1. The van der Waals surface area contributed by atoms with Crippen LogP contribution in [0.15, 0.2) is 60.8 Å². The molecule has 2 aromatic carbocycles. The molecule has 0 spiro atoms. The zero-order valence-corrected chi connectivity index (χ0v) is 13.7. The Labute approximate surface area is 144 Å². The number of rotatable bonds is 3. The minimum Gasteiger partial charge on any atom is -0.497 e. The van der Waals surface area contributed by atoms with Crippen molar-refractivity contribution in [3.8, 4) is 28.4 Å². The van der Waals surface area contributed by atoms with Gasteiger partial charge in [-0.15, -0.1) is 0 Å². The second-order valence-electron chi connectivity index (χ2n) is 5.38. The van der Waals surface area contributed by atoms with Crippen molar-refractivity contribution in [3.63, 3.8) is 0 Å². The fraction of sp³-hybridized carbons (Fsp3) is 0.0526. The van der Waals surface area contributed by atoms with Gasteiger partial charge in [-0.05, 0) is 36.4 Å². The summed E-state index contributed by atoms with van der Waals surface area (Å²) in [5, 5.41) is 0.629. The third kappa shape index (κ3) is 2.61. The van der Waals surface area contributed by atoms with Crippen LogP contribution >= 0.6 is 11.6 Å². The van der Waals surface area contributed by atoms with Gasteiger partial charge in [0.15, 0.2) is 0 Å². The first kappa shape index (κ1) is 14.7. The third-order valence-electron chi connectivity index (χ3n) is 3.87. The fourth-order valence-electron chi connectivity index (χ4n) is 2.64. The van der Waals surface area contributed by atoms with E-state index in [1.807, 2.05) is 54.6 Å². The molecule has 5 heteroatoms. The van der Waals surface area contributed by atoms with Crippen molar-refractivity contribution in [1.29, 1.82) is 0 Å². The number of nitrogens with one attached hydrogen (secondary N) is 1. The van der Waals surface area contributed by atoms with Crippen molar-refractivity contribution in [1.82, 2.24) is 15.0 Å². The molecule has 4 rings (SSSR count). The topological polar surface area (TPSA) is 50.8 Å². The minimum absolute atomic E-state index is 0.629. The standard InChI is InChI=1S/C19H14ClN3O/c1-24-13-6-8-17-18(11-13)23-19(22-17)14-7-5-12(10-15(14)20)16-4-2-3-9-21-16/h2-11H,1H3,(H,22,23). The van der Waals surface area contributed by atoms with Crippen LogP contribution in [0.1, 0.15) is 0 Å². The largest absolute Gasteiger partial charge is 0.497 e. The van der Waals surface area contributed by atoms with Crippen LogP contribution in [0.5, 0.6) is 5.75 Å². The molecular weight excluding hydrogens is 322 g/mol. The van der Waals surface area contributed by atoms with Gasteiger partial charge in [0, 0.05) is 23.4 Å². The number of halogens is 1. The van der Waals surface area contributed by atoms with Crippen molar-refractivity contribution in [3.05, 3.63) is 65.8 Å². The molecule has 0 bridgehead atoms. The lowest BCUT2D eigenvalue weighted by Crippen LogP contribution is -1.86. The fourth-order valence-corrected chi connectivity index (χ4v) is 2.91. The van der Waals surface area contributed by atoms with E-state index < -0.39 is 0 Å². The molecule has 0 aliphatic carbocycles. The van der Waals surface area contributed by atoms with E-state index >= 15 is 0 Å². The van der Waals surface area contributed by atoms with Crippen LogP contribution in [0, 0.1) is 0 Å². The minimum atomic E-state index is 0.629. The number of nitrogens with zero attached hydrogens (tertiary/aromatic N) is 2. The number of benzene rings is 2. The molecule has 1 N–H and O–H groups in total. The summed E-state index contributed by atoms with van der Waals surface area (Å²) in [7, 11) is 1.64. The first-order valence-electron chi connectivity index (χ1n) is 7.50. The molecule has 0 aliphatic rings. The van der Waals surface area contributed by atoms with Crippen LogP contribution in [0.25, 0.3) is 33.7 Å². The van der Waals surface area contributed by atoms with E-state index in [2.05, 4.69) is 15.0 Å². The number of fused-ring (bicyclic) bond motifs is 1. The molecule has 118 valence electrons. The van der Waals surface area contributed by atoms with Gasteiger partial charge in [0.2, 0.25) is 0 Å². The third-order valence-corrected chi connectivity index (χ3v) is 4.19. The number of hydrogen-bond donors (Lipinski definition) is 1. The summed E-state index contributed by atoms with van der Waals surface area (Å²) in [6.07, 6.45) is 1.77. The Bertz CT molecular complexity index is 1010. The molecular formula is C19H14ClN3O. The Balaban J connectivity index is 1.77. The smallest absolute Gasteiger partial charge is 0.139 e. The Morgan fingerprint density at radius 1 is 1.04 bits per heavy atom. The van der Waals surface area contributed by atoms with Gasteiger partial charge < -0.3 is 9.72 Å². The average molecular weight is 336 g/mol. The summed E-state index contributed by atoms with van der Waals surface area (Å²) in [6.45, 7) is 0.